The van der Waals surface area contributed by atoms with Crippen molar-refractivity contribution in [3.8, 4) is 6.07 Å². The van der Waals surface area contributed by atoms with Crippen LogP contribution in [0.3, 0.4) is 0 Å². The Morgan fingerprint density at radius 3 is 2.67 bits per heavy atom. The zero-order valence-corrected chi connectivity index (χ0v) is 14.5. The van der Waals surface area contributed by atoms with Crippen LogP contribution in [0.15, 0.2) is 0 Å². The van der Waals surface area contributed by atoms with Crippen molar-refractivity contribution in [1.29, 1.82) is 5.26 Å². The highest BCUT2D eigenvalue weighted by Gasteiger charge is 2.30. The lowest BCUT2D eigenvalue weighted by Crippen LogP contribution is -2.50. The molecule has 1 saturated heterocycles. The predicted octanol–water partition coefficient (Wildman–Crippen LogP) is 2.94. The molecule has 0 radical (unpaired) electrons. The molecule has 1 heterocycles. The molecule has 0 aromatic carbocycles. The van der Waals surface area contributed by atoms with Crippen molar-refractivity contribution in [2.75, 3.05) is 19.7 Å². The second-order valence-electron chi connectivity index (χ2n) is 6.65. The summed E-state index contributed by atoms with van der Waals surface area (Å²) in [4.78, 5) is 2.54. The van der Waals surface area contributed by atoms with E-state index in [-0.39, 0.29) is 5.54 Å². The summed E-state index contributed by atoms with van der Waals surface area (Å²) in [5.41, 5.74) is -0.367. The Kier molecular flexibility index (Phi) is 7.65. The van der Waals surface area contributed by atoms with Gasteiger partial charge in [0.25, 0.3) is 0 Å². The molecule has 122 valence electrons. The molecule has 0 aromatic rings. The summed E-state index contributed by atoms with van der Waals surface area (Å²) in [5, 5.41) is 13.0. The van der Waals surface area contributed by atoms with Gasteiger partial charge < -0.3 is 4.74 Å². The van der Waals surface area contributed by atoms with Crippen LogP contribution in [-0.4, -0.2) is 48.3 Å². The number of rotatable bonds is 8. The molecule has 0 saturated carbocycles. The average Bonchev–Trinajstić information content (AvgIpc) is 2.46. The Hall–Kier alpha value is -0.630. The third kappa shape index (κ3) is 5.58. The molecule has 0 bridgehead atoms. The van der Waals surface area contributed by atoms with Gasteiger partial charge in [-0.25, -0.2) is 0 Å². The molecule has 1 aliphatic heterocycles. The third-order valence-electron chi connectivity index (χ3n) is 4.48. The van der Waals surface area contributed by atoms with E-state index in [9.17, 15) is 5.26 Å². The maximum atomic E-state index is 9.56. The summed E-state index contributed by atoms with van der Waals surface area (Å²) in [5.74, 6) is 0. The van der Waals surface area contributed by atoms with Crippen LogP contribution >= 0.6 is 0 Å². The van der Waals surface area contributed by atoms with Crippen molar-refractivity contribution in [2.24, 2.45) is 0 Å². The molecule has 3 atom stereocenters. The number of nitrogens with zero attached hydrogens (tertiary/aromatic N) is 2. The molecule has 3 unspecified atom stereocenters. The summed E-state index contributed by atoms with van der Waals surface area (Å²) in [7, 11) is 0. The first-order valence-electron chi connectivity index (χ1n) is 8.51. The normalized spacial score (nSPS) is 26.5. The van der Waals surface area contributed by atoms with Crippen LogP contribution < -0.4 is 5.32 Å². The second kappa shape index (κ2) is 8.73. The minimum absolute atomic E-state index is 0.327. The minimum atomic E-state index is -0.367. The van der Waals surface area contributed by atoms with E-state index in [0.29, 0.717) is 18.2 Å². The van der Waals surface area contributed by atoms with Crippen LogP contribution in [0.25, 0.3) is 0 Å². The topological polar surface area (TPSA) is 48.3 Å². The Morgan fingerprint density at radius 1 is 1.43 bits per heavy atom. The minimum Gasteiger partial charge on any atom is -0.376 e. The predicted molar refractivity (Wildman–Crippen MR) is 87.2 cm³/mol. The Balaban J connectivity index is 2.51. The van der Waals surface area contributed by atoms with Gasteiger partial charge in [0, 0.05) is 18.6 Å². The van der Waals surface area contributed by atoms with E-state index in [1.54, 1.807) is 0 Å². The lowest BCUT2D eigenvalue weighted by Gasteiger charge is -2.39. The maximum absolute atomic E-state index is 9.56. The molecular formula is C17H33N3O. The maximum Gasteiger partial charge on any atom is 0.106 e. The fraction of sp³-hybridized carbons (Fsp3) is 0.941. The number of nitriles is 1. The zero-order valence-electron chi connectivity index (χ0n) is 14.5. The van der Waals surface area contributed by atoms with Crippen molar-refractivity contribution in [2.45, 2.75) is 84.0 Å². The van der Waals surface area contributed by atoms with E-state index in [1.165, 1.54) is 0 Å². The van der Waals surface area contributed by atoms with Crippen molar-refractivity contribution < 1.29 is 4.74 Å². The highest BCUT2D eigenvalue weighted by molar-refractivity contribution is 5.07. The summed E-state index contributed by atoms with van der Waals surface area (Å²) in [6, 6.07) is 3.40. The van der Waals surface area contributed by atoms with Crippen LogP contribution in [0, 0.1) is 11.3 Å². The van der Waals surface area contributed by atoms with Gasteiger partial charge >= 0.3 is 0 Å². The van der Waals surface area contributed by atoms with Gasteiger partial charge in [0.1, 0.15) is 5.54 Å². The van der Waals surface area contributed by atoms with Gasteiger partial charge in [-0.3, -0.25) is 10.2 Å². The molecular weight excluding hydrogens is 262 g/mol. The number of hydrogen-bond donors (Lipinski definition) is 1. The Morgan fingerprint density at radius 2 is 2.14 bits per heavy atom. The van der Waals surface area contributed by atoms with Crippen molar-refractivity contribution in [3.05, 3.63) is 0 Å². The molecule has 0 aromatic heterocycles. The van der Waals surface area contributed by atoms with Crippen molar-refractivity contribution >= 4 is 0 Å². The number of morpholine rings is 1. The largest absolute Gasteiger partial charge is 0.376 e. The van der Waals surface area contributed by atoms with E-state index < -0.39 is 0 Å². The van der Waals surface area contributed by atoms with E-state index in [1.807, 2.05) is 0 Å². The van der Waals surface area contributed by atoms with Gasteiger partial charge in [0.15, 0.2) is 0 Å². The van der Waals surface area contributed by atoms with Crippen LogP contribution in [0.1, 0.15) is 60.3 Å². The lowest BCUT2D eigenvalue weighted by atomic mass is 9.91. The highest BCUT2D eigenvalue weighted by atomic mass is 16.5. The van der Waals surface area contributed by atoms with Gasteiger partial charge in [0.2, 0.25) is 0 Å². The summed E-state index contributed by atoms with van der Waals surface area (Å²) < 4.78 is 5.75. The lowest BCUT2D eigenvalue weighted by molar-refractivity contribution is -0.0564. The number of ether oxygens (including phenoxy) is 1. The van der Waals surface area contributed by atoms with Gasteiger partial charge in [0.05, 0.1) is 18.8 Å². The molecule has 4 heteroatoms. The molecule has 0 amide bonds. The van der Waals surface area contributed by atoms with Gasteiger partial charge in [-0.15, -0.1) is 0 Å². The molecule has 1 fully saturated rings. The molecule has 21 heavy (non-hydrogen) atoms. The molecule has 1 N–H and O–H groups in total. The molecule has 0 aliphatic carbocycles. The van der Waals surface area contributed by atoms with Crippen LogP contribution in [-0.2, 0) is 4.74 Å². The fourth-order valence-corrected chi connectivity index (χ4v) is 3.22. The van der Waals surface area contributed by atoms with Crippen molar-refractivity contribution in [3.63, 3.8) is 0 Å². The van der Waals surface area contributed by atoms with E-state index in [2.05, 4.69) is 50.9 Å². The smallest absolute Gasteiger partial charge is 0.106 e. The molecule has 1 aliphatic rings. The quantitative estimate of drug-likeness (QED) is 0.748. The molecule has 1 rings (SSSR count). The van der Waals surface area contributed by atoms with E-state index in [0.717, 1.165) is 45.4 Å². The van der Waals surface area contributed by atoms with Gasteiger partial charge in [-0.05, 0) is 53.0 Å². The van der Waals surface area contributed by atoms with Gasteiger partial charge in [-0.1, -0.05) is 13.8 Å². The first-order chi connectivity index (χ1) is 9.96. The fourth-order valence-electron chi connectivity index (χ4n) is 3.22. The molecule has 0 spiro atoms. The van der Waals surface area contributed by atoms with Crippen LogP contribution in [0.4, 0.5) is 0 Å². The first-order valence-corrected chi connectivity index (χ1v) is 8.51. The van der Waals surface area contributed by atoms with Crippen molar-refractivity contribution in [1.82, 2.24) is 10.2 Å². The Bertz CT molecular complexity index is 339. The SMILES string of the molecule is CCC1COC(C)CN1CCCC(C#N)(CC)NC(C)C. The number of hydrogen-bond acceptors (Lipinski definition) is 4. The number of nitrogens with one attached hydrogen (secondary N) is 1. The first kappa shape index (κ1) is 18.4. The third-order valence-corrected chi connectivity index (χ3v) is 4.48. The monoisotopic (exact) mass is 295 g/mol. The van der Waals surface area contributed by atoms with Gasteiger partial charge in [-0.2, -0.15) is 5.26 Å². The summed E-state index contributed by atoms with van der Waals surface area (Å²) >= 11 is 0. The van der Waals surface area contributed by atoms with E-state index >= 15 is 0 Å². The summed E-state index contributed by atoms with van der Waals surface area (Å²) in [6.07, 6.45) is 4.30. The zero-order chi connectivity index (χ0) is 15.9. The average molecular weight is 295 g/mol. The summed E-state index contributed by atoms with van der Waals surface area (Å²) in [6.45, 7) is 13.6. The van der Waals surface area contributed by atoms with Crippen LogP contribution in [0.5, 0.6) is 0 Å². The van der Waals surface area contributed by atoms with Crippen LogP contribution in [0.2, 0.25) is 0 Å². The van der Waals surface area contributed by atoms with E-state index in [4.69, 9.17) is 4.74 Å². The second-order valence-corrected chi connectivity index (χ2v) is 6.65. The Labute approximate surface area is 130 Å². The highest BCUT2D eigenvalue weighted by Crippen LogP contribution is 2.20. The molecule has 4 nitrogen and oxygen atoms in total. The standard InChI is InChI=1S/C17H33N3O/c1-6-16-12-21-15(5)11-20(16)10-8-9-17(7-2,13-18)19-14(3)4/h14-16,19H,6-12H2,1-5H3.